The predicted molar refractivity (Wildman–Crippen MR) is 65.3 cm³/mol. The van der Waals surface area contributed by atoms with Crippen LogP contribution in [0.15, 0.2) is 35.3 Å². The van der Waals surface area contributed by atoms with Gasteiger partial charge in [0.2, 0.25) is 0 Å². The fourth-order valence-corrected chi connectivity index (χ4v) is 1.65. The van der Waals surface area contributed by atoms with E-state index in [-0.39, 0.29) is 12.3 Å². The summed E-state index contributed by atoms with van der Waals surface area (Å²) in [5.74, 6) is -0.284. The quantitative estimate of drug-likeness (QED) is 0.831. The Morgan fingerprint density at radius 2 is 2.17 bits per heavy atom. The van der Waals surface area contributed by atoms with E-state index >= 15 is 0 Å². The van der Waals surface area contributed by atoms with E-state index in [9.17, 15) is 9.18 Å². The molecule has 2 rings (SSSR count). The lowest BCUT2D eigenvalue weighted by Crippen LogP contribution is -2.23. The maximum absolute atomic E-state index is 13.9. The third-order valence-electron chi connectivity index (χ3n) is 2.62. The van der Waals surface area contributed by atoms with Crippen LogP contribution in [0.3, 0.4) is 0 Å². The molecule has 0 fully saturated rings. The van der Waals surface area contributed by atoms with Crippen LogP contribution in [0.2, 0.25) is 0 Å². The molecule has 0 spiro atoms. The molecule has 18 heavy (non-hydrogen) atoms. The van der Waals surface area contributed by atoms with Crippen molar-refractivity contribution in [2.45, 2.75) is 13.5 Å². The van der Waals surface area contributed by atoms with Crippen LogP contribution < -0.4 is 10.4 Å². The summed E-state index contributed by atoms with van der Waals surface area (Å²) in [6.45, 7) is 1.87. The first-order valence-corrected chi connectivity index (χ1v) is 5.47. The second-order valence-electron chi connectivity index (χ2n) is 3.91. The molecule has 0 aliphatic carbocycles. The Morgan fingerprint density at radius 1 is 1.39 bits per heavy atom. The van der Waals surface area contributed by atoms with Gasteiger partial charge in [0.25, 0.3) is 0 Å². The lowest BCUT2D eigenvalue weighted by Gasteiger charge is -2.09. The van der Waals surface area contributed by atoms with Crippen LogP contribution in [0.25, 0.3) is 0 Å². The van der Waals surface area contributed by atoms with Crippen LogP contribution in [-0.4, -0.2) is 16.7 Å². The first-order chi connectivity index (χ1) is 8.61. The van der Waals surface area contributed by atoms with Crippen molar-refractivity contribution in [3.8, 4) is 5.75 Å². The number of methoxy groups -OCH3 is 1. The zero-order chi connectivity index (χ0) is 13.1. The monoisotopic (exact) mass is 248 g/mol. The summed E-state index contributed by atoms with van der Waals surface area (Å²) in [5.41, 5.74) is 0.640. The molecule has 5 heteroatoms. The van der Waals surface area contributed by atoms with E-state index in [0.717, 1.165) is 0 Å². The fraction of sp³-hybridized carbons (Fsp3) is 0.231. The molecule has 1 heterocycles. The van der Waals surface area contributed by atoms with E-state index < -0.39 is 11.5 Å². The Hall–Kier alpha value is -2.17. The van der Waals surface area contributed by atoms with Crippen LogP contribution in [0.5, 0.6) is 5.75 Å². The molecule has 0 aliphatic rings. The third-order valence-corrected chi connectivity index (χ3v) is 2.62. The molecule has 1 aromatic heterocycles. The maximum atomic E-state index is 13.9. The fourth-order valence-electron chi connectivity index (χ4n) is 1.65. The van der Waals surface area contributed by atoms with E-state index in [1.807, 2.05) is 0 Å². The largest absolute Gasteiger partial charge is 0.494 e. The van der Waals surface area contributed by atoms with Gasteiger partial charge in [-0.25, -0.2) is 9.18 Å². The molecular weight excluding hydrogens is 235 g/mol. The summed E-state index contributed by atoms with van der Waals surface area (Å²) in [7, 11) is 1.40. The topological polar surface area (TPSA) is 44.1 Å². The van der Waals surface area contributed by atoms with Gasteiger partial charge >= 0.3 is 5.69 Å². The maximum Gasteiger partial charge on any atom is 0.348 e. The second-order valence-corrected chi connectivity index (χ2v) is 3.91. The number of rotatable bonds is 3. The molecule has 0 atom stereocenters. The Bertz CT molecular complexity index is 623. The van der Waals surface area contributed by atoms with Crippen molar-refractivity contribution in [1.29, 1.82) is 0 Å². The number of hydrogen-bond acceptors (Lipinski definition) is 3. The van der Waals surface area contributed by atoms with E-state index in [1.54, 1.807) is 31.3 Å². The van der Waals surface area contributed by atoms with Crippen molar-refractivity contribution in [3.63, 3.8) is 0 Å². The second kappa shape index (κ2) is 5.00. The molecule has 0 saturated carbocycles. The summed E-state index contributed by atoms with van der Waals surface area (Å²) in [4.78, 5) is 15.4. The van der Waals surface area contributed by atoms with Gasteiger partial charge in [0.05, 0.1) is 13.7 Å². The van der Waals surface area contributed by atoms with Gasteiger partial charge in [-0.3, -0.25) is 4.57 Å². The minimum Gasteiger partial charge on any atom is -0.494 e. The van der Waals surface area contributed by atoms with Crippen molar-refractivity contribution in [1.82, 2.24) is 9.55 Å². The SMILES string of the molecule is COc1cccc(Cn2ccc(C)nc2=O)c1F. The van der Waals surface area contributed by atoms with Gasteiger partial charge in [0.15, 0.2) is 11.6 Å². The molecule has 0 saturated heterocycles. The van der Waals surface area contributed by atoms with E-state index in [2.05, 4.69) is 4.98 Å². The minimum absolute atomic E-state index is 0.134. The zero-order valence-electron chi connectivity index (χ0n) is 10.2. The minimum atomic E-state index is -0.451. The van der Waals surface area contributed by atoms with Gasteiger partial charge < -0.3 is 4.74 Å². The Labute approximate surface area is 104 Å². The van der Waals surface area contributed by atoms with Crippen LogP contribution in [-0.2, 0) is 6.54 Å². The molecular formula is C13H13FN2O2. The average molecular weight is 248 g/mol. The highest BCUT2D eigenvalue weighted by Gasteiger charge is 2.09. The van der Waals surface area contributed by atoms with E-state index in [4.69, 9.17) is 4.74 Å². The number of nitrogens with zero attached hydrogens (tertiary/aromatic N) is 2. The highest BCUT2D eigenvalue weighted by molar-refractivity contribution is 5.31. The highest BCUT2D eigenvalue weighted by atomic mass is 19.1. The smallest absolute Gasteiger partial charge is 0.348 e. The molecule has 0 N–H and O–H groups in total. The van der Waals surface area contributed by atoms with Gasteiger partial charge in [-0.1, -0.05) is 12.1 Å². The summed E-state index contributed by atoms with van der Waals surface area (Å²) >= 11 is 0. The molecule has 0 unspecified atom stereocenters. The molecule has 0 bridgehead atoms. The lowest BCUT2D eigenvalue weighted by molar-refractivity contribution is 0.383. The molecule has 0 aliphatic heterocycles. The molecule has 94 valence electrons. The number of aromatic nitrogens is 2. The van der Waals surface area contributed by atoms with Crippen molar-refractivity contribution in [3.05, 3.63) is 58.0 Å². The summed E-state index contributed by atoms with van der Waals surface area (Å²) in [6, 6.07) is 6.54. The Morgan fingerprint density at radius 3 is 2.83 bits per heavy atom. The van der Waals surface area contributed by atoms with Gasteiger partial charge in [0, 0.05) is 17.5 Å². The number of aryl methyl sites for hydroxylation is 1. The van der Waals surface area contributed by atoms with Crippen LogP contribution >= 0.6 is 0 Å². The number of hydrogen-bond donors (Lipinski definition) is 0. The van der Waals surface area contributed by atoms with Crippen molar-refractivity contribution < 1.29 is 9.13 Å². The number of ether oxygens (including phenoxy) is 1. The van der Waals surface area contributed by atoms with Gasteiger partial charge in [-0.15, -0.1) is 0 Å². The van der Waals surface area contributed by atoms with Crippen molar-refractivity contribution in [2.75, 3.05) is 7.11 Å². The van der Waals surface area contributed by atoms with E-state index in [1.165, 1.54) is 17.7 Å². The molecule has 0 radical (unpaired) electrons. The molecule has 0 amide bonds. The zero-order valence-corrected chi connectivity index (χ0v) is 10.2. The molecule has 4 nitrogen and oxygen atoms in total. The number of benzene rings is 1. The van der Waals surface area contributed by atoms with Crippen LogP contribution in [0.4, 0.5) is 4.39 Å². The van der Waals surface area contributed by atoms with Gasteiger partial charge in [0.1, 0.15) is 0 Å². The van der Waals surface area contributed by atoms with Crippen LogP contribution in [0.1, 0.15) is 11.3 Å². The third kappa shape index (κ3) is 2.40. The lowest BCUT2D eigenvalue weighted by atomic mass is 10.2. The first-order valence-electron chi connectivity index (χ1n) is 5.47. The van der Waals surface area contributed by atoms with E-state index in [0.29, 0.717) is 11.3 Å². The van der Waals surface area contributed by atoms with Crippen molar-refractivity contribution in [2.24, 2.45) is 0 Å². The van der Waals surface area contributed by atoms with Crippen LogP contribution in [0, 0.1) is 12.7 Å². The Kier molecular flexibility index (Phi) is 3.41. The van der Waals surface area contributed by atoms with Crippen molar-refractivity contribution >= 4 is 0 Å². The summed E-state index contributed by atoms with van der Waals surface area (Å²) in [5, 5.41) is 0. The average Bonchev–Trinajstić information content (AvgIpc) is 2.35. The molecule has 2 aromatic rings. The number of halogens is 1. The standard InChI is InChI=1S/C13H13FN2O2/c1-9-6-7-16(13(17)15-9)8-10-4-3-5-11(18-2)12(10)14/h3-7H,8H2,1-2H3. The summed E-state index contributed by atoms with van der Waals surface area (Å²) < 4.78 is 20.2. The predicted octanol–water partition coefficient (Wildman–Crippen LogP) is 1.75. The normalized spacial score (nSPS) is 10.4. The highest BCUT2D eigenvalue weighted by Crippen LogP contribution is 2.20. The first kappa shape index (κ1) is 12.3. The molecule has 1 aromatic carbocycles. The van der Waals surface area contributed by atoms with Gasteiger partial charge in [-0.2, -0.15) is 4.98 Å². The van der Waals surface area contributed by atoms with Gasteiger partial charge in [-0.05, 0) is 19.1 Å². The summed E-state index contributed by atoms with van der Waals surface area (Å²) in [6.07, 6.45) is 1.60. The Balaban J connectivity index is 2.37.